The quantitative estimate of drug-likeness (QED) is 0.194. The molecule has 1 aromatic heterocycles. The van der Waals surface area contributed by atoms with Crippen molar-refractivity contribution in [3.8, 4) is 0 Å². The van der Waals surface area contributed by atoms with Gasteiger partial charge in [0.1, 0.15) is 5.70 Å². The molecule has 1 heterocycles. The van der Waals surface area contributed by atoms with Gasteiger partial charge in [-0.15, -0.1) is 23.1 Å². The first-order valence-corrected chi connectivity index (χ1v) is 13.2. The largest absolute Gasteiger partial charge is 0.321 e. The molecular formula is C28H24N4O3S2. The molecule has 37 heavy (non-hydrogen) atoms. The van der Waals surface area contributed by atoms with Crippen LogP contribution in [0.5, 0.6) is 0 Å². The highest BCUT2D eigenvalue weighted by Gasteiger charge is 2.15. The van der Waals surface area contributed by atoms with Gasteiger partial charge in [0, 0.05) is 21.5 Å². The Morgan fingerprint density at radius 3 is 2.22 bits per heavy atom. The van der Waals surface area contributed by atoms with E-state index in [1.807, 2.05) is 60.8 Å². The molecule has 0 atom stereocenters. The van der Waals surface area contributed by atoms with Crippen LogP contribution in [0.15, 0.2) is 101 Å². The third-order valence-electron chi connectivity index (χ3n) is 4.99. The van der Waals surface area contributed by atoms with E-state index < -0.39 is 5.91 Å². The van der Waals surface area contributed by atoms with Crippen molar-refractivity contribution >= 4 is 57.7 Å². The summed E-state index contributed by atoms with van der Waals surface area (Å²) in [6.45, 7) is 1.87. The smallest absolute Gasteiger partial charge is 0.272 e. The summed E-state index contributed by atoms with van der Waals surface area (Å²) in [5.74, 6) is -0.733. The molecule has 0 spiro atoms. The summed E-state index contributed by atoms with van der Waals surface area (Å²) < 4.78 is 0. The number of hydrogen-bond donors (Lipinski definition) is 3. The minimum Gasteiger partial charge on any atom is -0.321 e. The zero-order valence-electron chi connectivity index (χ0n) is 19.9. The van der Waals surface area contributed by atoms with Crippen molar-refractivity contribution in [2.45, 2.75) is 11.8 Å². The van der Waals surface area contributed by atoms with E-state index in [9.17, 15) is 14.4 Å². The molecule has 0 aliphatic rings. The average molecular weight is 529 g/mol. The zero-order chi connectivity index (χ0) is 26.0. The summed E-state index contributed by atoms with van der Waals surface area (Å²) in [7, 11) is 0. The number of carbonyl (C=O) groups is 3. The molecule has 0 saturated carbocycles. The van der Waals surface area contributed by atoms with Crippen LogP contribution in [0.2, 0.25) is 0 Å². The fraction of sp³-hybridized carbons (Fsp3) is 0.0714. The highest BCUT2D eigenvalue weighted by atomic mass is 32.2. The fourth-order valence-electron chi connectivity index (χ4n) is 3.21. The SMILES string of the molecule is Cc1csc(NC(=O)CSc2ccc(NC(=O)/C(=C/c3ccccc3)NC(=O)c3ccccc3)cc2)n1. The van der Waals surface area contributed by atoms with Crippen LogP contribution in [0, 0.1) is 6.92 Å². The van der Waals surface area contributed by atoms with Crippen LogP contribution in [0.3, 0.4) is 0 Å². The molecule has 3 amide bonds. The summed E-state index contributed by atoms with van der Waals surface area (Å²) in [4.78, 5) is 43.1. The first kappa shape index (κ1) is 25.9. The maximum absolute atomic E-state index is 13.1. The third-order valence-corrected chi connectivity index (χ3v) is 6.87. The van der Waals surface area contributed by atoms with E-state index in [1.165, 1.54) is 23.1 Å². The van der Waals surface area contributed by atoms with Gasteiger partial charge in [-0.2, -0.15) is 0 Å². The number of aryl methyl sites for hydroxylation is 1. The lowest BCUT2D eigenvalue weighted by atomic mass is 10.1. The van der Waals surface area contributed by atoms with E-state index in [2.05, 4.69) is 20.9 Å². The standard InChI is InChI=1S/C28H24N4O3S2/c1-19-17-37-28(29-19)32-25(33)18-36-23-14-12-22(13-15-23)30-27(35)24(16-20-8-4-2-5-9-20)31-26(34)21-10-6-3-7-11-21/h2-17H,18H2,1H3,(H,30,35)(H,31,34)(H,29,32,33)/b24-16-. The van der Waals surface area contributed by atoms with Crippen LogP contribution >= 0.6 is 23.1 Å². The van der Waals surface area contributed by atoms with E-state index in [0.29, 0.717) is 16.4 Å². The Hall–Kier alpha value is -4.21. The van der Waals surface area contributed by atoms with Gasteiger partial charge in [0.25, 0.3) is 11.8 Å². The Morgan fingerprint density at radius 1 is 0.892 bits per heavy atom. The summed E-state index contributed by atoms with van der Waals surface area (Å²) in [5, 5.41) is 10.8. The summed E-state index contributed by atoms with van der Waals surface area (Å²) >= 11 is 2.77. The van der Waals surface area contributed by atoms with Crippen molar-refractivity contribution < 1.29 is 14.4 Å². The molecule has 4 aromatic rings. The predicted molar refractivity (Wildman–Crippen MR) is 150 cm³/mol. The molecule has 0 saturated heterocycles. The van der Waals surface area contributed by atoms with Gasteiger partial charge in [-0.3, -0.25) is 14.4 Å². The molecule has 0 radical (unpaired) electrons. The van der Waals surface area contributed by atoms with Crippen molar-refractivity contribution in [1.82, 2.24) is 10.3 Å². The number of thioether (sulfide) groups is 1. The average Bonchev–Trinajstić information content (AvgIpc) is 3.33. The molecule has 4 rings (SSSR count). The molecular weight excluding hydrogens is 504 g/mol. The number of hydrogen-bond acceptors (Lipinski definition) is 6. The molecule has 7 nitrogen and oxygen atoms in total. The summed E-state index contributed by atoms with van der Waals surface area (Å²) in [5.41, 5.74) is 2.77. The first-order valence-electron chi connectivity index (χ1n) is 11.4. The molecule has 186 valence electrons. The highest BCUT2D eigenvalue weighted by molar-refractivity contribution is 8.00. The minimum atomic E-state index is -0.452. The van der Waals surface area contributed by atoms with Crippen molar-refractivity contribution in [3.05, 3.63) is 113 Å². The summed E-state index contributed by atoms with van der Waals surface area (Å²) in [6, 6.07) is 25.1. The van der Waals surface area contributed by atoms with Crippen molar-refractivity contribution in [3.63, 3.8) is 0 Å². The lowest BCUT2D eigenvalue weighted by Gasteiger charge is -2.12. The van der Waals surface area contributed by atoms with Crippen LogP contribution in [-0.4, -0.2) is 28.5 Å². The number of nitrogens with zero attached hydrogens (tertiary/aromatic N) is 1. The number of carbonyl (C=O) groups excluding carboxylic acids is 3. The molecule has 0 aliphatic heterocycles. The Labute approximate surface area is 223 Å². The predicted octanol–water partition coefficient (Wildman–Crippen LogP) is 5.59. The second kappa shape index (κ2) is 12.7. The number of nitrogens with one attached hydrogen (secondary N) is 3. The molecule has 3 N–H and O–H groups in total. The van der Waals surface area contributed by atoms with Gasteiger partial charge < -0.3 is 16.0 Å². The monoisotopic (exact) mass is 528 g/mol. The maximum atomic E-state index is 13.1. The van der Waals surface area contributed by atoms with Crippen LogP contribution in [0.4, 0.5) is 10.8 Å². The normalized spacial score (nSPS) is 11.0. The van der Waals surface area contributed by atoms with Gasteiger partial charge in [0.2, 0.25) is 5.91 Å². The zero-order valence-corrected chi connectivity index (χ0v) is 21.6. The molecule has 0 aliphatic carbocycles. The van der Waals surface area contributed by atoms with Gasteiger partial charge in [0.15, 0.2) is 5.13 Å². The molecule has 0 fully saturated rings. The van der Waals surface area contributed by atoms with Gasteiger partial charge in [-0.05, 0) is 55.0 Å². The van der Waals surface area contributed by atoms with Crippen LogP contribution in [0.1, 0.15) is 21.6 Å². The Bertz CT molecular complexity index is 1400. The second-order valence-electron chi connectivity index (χ2n) is 7.90. The number of rotatable bonds is 9. The van der Waals surface area contributed by atoms with Crippen molar-refractivity contribution in [1.29, 1.82) is 0 Å². The molecule has 0 unspecified atom stereocenters. The van der Waals surface area contributed by atoms with Gasteiger partial charge in [0.05, 0.1) is 11.4 Å². The van der Waals surface area contributed by atoms with E-state index in [0.717, 1.165) is 16.2 Å². The lowest BCUT2D eigenvalue weighted by Crippen LogP contribution is -2.30. The van der Waals surface area contributed by atoms with Crippen LogP contribution < -0.4 is 16.0 Å². The van der Waals surface area contributed by atoms with E-state index in [-0.39, 0.29) is 23.3 Å². The van der Waals surface area contributed by atoms with Gasteiger partial charge in [-0.1, -0.05) is 48.5 Å². The summed E-state index contributed by atoms with van der Waals surface area (Å²) in [6.07, 6.45) is 1.63. The number of amides is 3. The van der Waals surface area contributed by atoms with Crippen LogP contribution in [-0.2, 0) is 9.59 Å². The second-order valence-corrected chi connectivity index (χ2v) is 9.81. The van der Waals surface area contributed by atoms with E-state index >= 15 is 0 Å². The number of benzene rings is 3. The molecule has 9 heteroatoms. The van der Waals surface area contributed by atoms with Gasteiger partial charge in [-0.25, -0.2) is 4.98 Å². The van der Waals surface area contributed by atoms with E-state index in [4.69, 9.17) is 0 Å². The lowest BCUT2D eigenvalue weighted by molar-refractivity contribution is -0.114. The topological polar surface area (TPSA) is 100 Å². The third kappa shape index (κ3) is 7.89. The minimum absolute atomic E-state index is 0.118. The van der Waals surface area contributed by atoms with Gasteiger partial charge >= 0.3 is 0 Å². The fourth-order valence-corrected chi connectivity index (χ4v) is 4.61. The van der Waals surface area contributed by atoms with Crippen LogP contribution in [0.25, 0.3) is 6.08 Å². The number of aromatic nitrogens is 1. The van der Waals surface area contributed by atoms with E-state index in [1.54, 1.807) is 42.5 Å². The highest BCUT2D eigenvalue weighted by Crippen LogP contribution is 2.22. The maximum Gasteiger partial charge on any atom is 0.272 e. The van der Waals surface area contributed by atoms with Crippen molar-refractivity contribution in [2.24, 2.45) is 0 Å². The molecule has 0 bridgehead atoms. The molecule has 3 aromatic carbocycles. The Morgan fingerprint density at radius 2 is 1.57 bits per heavy atom. The Kier molecular flexibility index (Phi) is 8.85. The Balaban J connectivity index is 1.39. The first-order chi connectivity index (χ1) is 18.0. The number of thiazole rings is 1. The van der Waals surface area contributed by atoms with Crippen molar-refractivity contribution in [2.75, 3.05) is 16.4 Å². The number of anilines is 2.